The van der Waals surface area contributed by atoms with E-state index in [1.807, 2.05) is 0 Å². The molecule has 2 saturated heterocycles. The van der Waals surface area contributed by atoms with Gasteiger partial charge in [0.2, 0.25) is 0 Å². The van der Waals surface area contributed by atoms with Crippen LogP contribution in [0.25, 0.3) is 5.82 Å². The zero-order valence-corrected chi connectivity index (χ0v) is 15.4. The second-order valence-corrected chi connectivity index (χ2v) is 7.42. The molecular weight excluding hydrogens is 376 g/mol. The Morgan fingerprint density at radius 2 is 1.96 bits per heavy atom. The van der Waals surface area contributed by atoms with Crippen molar-refractivity contribution < 1.29 is 13.6 Å². The van der Waals surface area contributed by atoms with Crippen LogP contribution in [0.3, 0.4) is 0 Å². The molecule has 0 radical (unpaired) electrons. The third kappa shape index (κ3) is 3.43. The molecule has 4 heterocycles. The number of rotatable bonds is 3. The molecule has 6 nitrogen and oxygen atoms in total. The van der Waals surface area contributed by atoms with Gasteiger partial charge >= 0.3 is 0 Å². The Morgan fingerprint density at radius 3 is 2.59 bits per heavy atom. The number of nitrogens with zero attached hydrogens (tertiary/aromatic N) is 4. The molecule has 27 heavy (non-hydrogen) atoms. The van der Waals surface area contributed by atoms with Gasteiger partial charge in [-0.05, 0) is 49.9 Å². The predicted molar refractivity (Wildman–Crippen MR) is 96.3 cm³/mol. The van der Waals surface area contributed by atoms with Crippen LogP contribution in [0, 0.1) is 11.8 Å². The standard InChI is InChI=1S/C18H20ClF2N5O/c19-14-2-1-5-23-17(14)26-15(16(20)21)13(10-24-26)18(27)25-6-3-11-8-22-9-12(11)4-7-25/h1-2,5,10-12,16,22H,3-4,6-9H2/t11-,12+. The van der Waals surface area contributed by atoms with Crippen LogP contribution in [-0.2, 0) is 0 Å². The van der Waals surface area contributed by atoms with E-state index < -0.39 is 18.0 Å². The lowest BCUT2D eigenvalue weighted by Crippen LogP contribution is -2.33. The Balaban J connectivity index is 1.63. The number of hydrogen-bond acceptors (Lipinski definition) is 4. The van der Waals surface area contributed by atoms with Crippen LogP contribution >= 0.6 is 11.6 Å². The van der Waals surface area contributed by atoms with E-state index >= 15 is 0 Å². The maximum absolute atomic E-state index is 13.8. The minimum atomic E-state index is -2.87. The lowest BCUT2D eigenvalue weighted by atomic mass is 9.92. The molecule has 0 spiro atoms. The zero-order valence-electron chi connectivity index (χ0n) is 14.6. The molecule has 2 aromatic rings. The van der Waals surface area contributed by atoms with Crippen LogP contribution < -0.4 is 5.32 Å². The van der Waals surface area contributed by atoms with Crippen molar-refractivity contribution in [1.29, 1.82) is 0 Å². The summed E-state index contributed by atoms with van der Waals surface area (Å²) >= 11 is 6.08. The second-order valence-electron chi connectivity index (χ2n) is 7.01. The smallest absolute Gasteiger partial charge is 0.281 e. The molecule has 1 N–H and O–H groups in total. The van der Waals surface area contributed by atoms with Gasteiger partial charge in [-0.3, -0.25) is 4.79 Å². The molecule has 0 unspecified atom stereocenters. The van der Waals surface area contributed by atoms with Crippen molar-refractivity contribution in [2.24, 2.45) is 11.8 Å². The third-order valence-corrected chi connectivity index (χ3v) is 5.78. The van der Waals surface area contributed by atoms with Gasteiger partial charge in [0.05, 0.1) is 16.8 Å². The van der Waals surface area contributed by atoms with Crippen molar-refractivity contribution in [1.82, 2.24) is 25.0 Å². The lowest BCUT2D eigenvalue weighted by Gasteiger charge is -2.21. The van der Waals surface area contributed by atoms with Crippen molar-refractivity contribution in [3.05, 3.63) is 40.8 Å². The minimum Gasteiger partial charge on any atom is -0.339 e. The van der Waals surface area contributed by atoms with E-state index in [4.69, 9.17) is 11.6 Å². The minimum absolute atomic E-state index is 0.0862. The monoisotopic (exact) mass is 395 g/mol. The summed E-state index contributed by atoms with van der Waals surface area (Å²) in [5, 5.41) is 7.57. The number of hydrogen-bond donors (Lipinski definition) is 1. The molecule has 2 aliphatic rings. The van der Waals surface area contributed by atoms with Crippen LogP contribution in [0.4, 0.5) is 8.78 Å². The molecule has 2 fully saturated rings. The van der Waals surface area contributed by atoms with E-state index in [0.29, 0.717) is 24.9 Å². The highest BCUT2D eigenvalue weighted by molar-refractivity contribution is 6.32. The highest BCUT2D eigenvalue weighted by Gasteiger charge is 2.34. The first-order valence-corrected chi connectivity index (χ1v) is 9.41. The van der Waals surface area contributed by atoms with Crippen LogP contribution in [0.2, 0.25) is 5.02 Å². The number of aromatic nitrogens is 3. The highest BCUT2D eigenvalue weighted by atomic mass is 35.5. The summed E-state index contributed by atoms with van der Waals surface area (Å²) < 4.78 is 28.6. The van der Waals surface area contributed by atoms with Gasteiger partial charge in [-0.1, -0.05) is 11.6 Å². The predicted octanol–water partition coefficient (Wildman–Crippen LogP) is 2.93. The Hall–Kier alpha value is -2.06. The number of halogens is 3. The maximum atomic E-state index is 13.8. The summed E-state index contributed by atoms with van der Waals surface area (Å²) in [6.07, 6.45) is 1.53. The van der Waals surface area contributed by atoms with E-state index in [2.05, 4.69) is 15.4 Å². The van der Waals surface area contributed by atoms with E-state index in [-0.39, 0.29) is 16.4 Å². The fraction of sp³-hybridized carbons (Fsp3) is 0.500. The van der Waals surface area contributed by atoms with Crippen LogP contribution in [0.1, 0.15) is 35.3 Å². The number of fused-ring (bicyclic) bond motifs is 1. The molecule has 2 atom stereocenters. The average Bonchev–Trinajstić information content (AvgIpc) is 3.24. The summed E-state index contributed by atoms with van der Waals surface area (Å²) in [5.74, 6) is 0.779. The van der Waals surface area contributed by atoms with E-state index in [0.717, 1.165) is 30.6 Å². The van der Waals surface area contributed by atoms with Gasteiger partial charge in [-0.15, -0.1) is 0 Å². The van der Waals surface area contributed by atoms with Crippen molar-refractivity contribution in [2.75, 3.05) is 26.2 Å². The van der Waals surface area contributed by atoms with Gasteiger partial charge in [-0.2, -0.15) is 5.10 Å². The van der Waals surface area contributed by atoms with Gasteiger partial charge in [-0.25, -0.2) is 18.4 Å². The van der Waals surface area contributed by atoms with E-state index in [1.165, 1.54) is 12.4 Å². The Kier molecular flexibility index (Phi) is 5.10. The molecule has 2 aromatic heterocycles. The average molecular weight is 396 g/mol. The fourth-order valence-corrected chi connectivity index (χ4v) is 4.23. The Morgan fingerprint density at radius 1 is 1.26 bits per heavy atom. The topological polar surface area (TPSA) is 63.1 Å². The molecule has 4 rings (SSSR count). The highest BCUT2D eigenvalue weighted by Crippen LogP contribution is 2.31. The SMILES string of the molecule is O=C(c1cnn(-c2ncccc2Cl)c1C(F)F)N1CC[C@@H]2CNC[C@@H]2CC1. The number of pyridine rings is 1. The number of likely N-dealkylation sites (tertiary alicyclic amines) is 1. The first kappa shape index (κ1) is 18.3. The zero-order chi connectivity index (χ0) is 19.0. The van der Waals surface area contributed by atoms with E-state index in [1.54, 1.807) is 17.0 Å². The van der Waals surface area contributed by atoms with Crippen LogP contribution in [0.15, 0.2) is 24.5 Å². The van der Waals surface area contributed by atoms with Crippen LogP contribution in [-0.4, -0.2) is 51.8 Å². The summed E-state index contributed by atoms with van der Waals surface area (Å²) in [6.45, 7) is 3.07. The molecule has 0 bridgehead atoms. The number of amides is 1. The first-order valence-electron chi connectivity index (χ1n) is 9.03. The molecule has 9 heteroatoms. The van der Waals surface area contributed by atoms with Crippen molar-refractivity contribution >= 4 is 17.5 Å². The quantitative estimate of drug-likeness (QED) is 0.868. The number of carbonyl (C=O) groups is 1. The normalized spacial score (nSPS) is 22.7. The summed E-state index contributed by atoms with van der Waals surface area (Å²) in [5.41, 5.74) is -0.552. The Bertz CT molecular complexity index is 829. The van der Waals surface area contributed by atoms with Crippen molar-refractivity contribution in [2.45, 2.75) is 19.3 Å². The number of nitrogens with one attached hydrogen (secondary N) is 1. The van der Waals surface area contributed by atoms with Gasteiger partial charge in [0, 0.05) is 19.3 Å². The second kappa shape index (κ2) is 7.52. The molecule has 1 amide bonds. The number of alkyl halides is 2. The number of carbonyl (C=O) groups excluding carboxylic acids is 1. The first-order chi connectivity index (χ1) is 13.1. The third-order valence-electron chi connectivity index (χ3n) is 5.49. The lowest BCUT2D eigenvalue weighted by molar-refractivity contribution is 0.0745. The molecular formula is C18H20ClF2N5O. The van der Waals surface area contributed by atoms with Gasteiger partial charge in [0.25, 0.3) is 12.3 Å². The molecule has 0 aromatic carbocycles. The Labute approximate surface area is 160 Å². The van der Waals surface area contributed by atoms with E-state index in [9.17, 15) is 13.6 Å². The molecule has 0 saturated carbocycles. The molecule has 144 valence electrons. The van der Waals surface area contributed by atoms with Gasteiger partial charge in [0.15, 0.2) is 5.82 Å². The fourth-order valence-electron chi connectivity index (χ4n) is 4.03. The molecule has 2 aliphatic heterocycles. The molecule has 0 aliphatic carbocycles. The summed E-state index contributed by atoms with van der Waals surface area (Å²) in [6, 6.07) is 3.15. The summed E-state index contributed by atoms with van der Waals surface area (Å²) in [7, 11) is 0. The van der Waals surface area contributed by atoms with Gasteiger partial charge in [0.1, 0.15) is 5.69 Å². The maximum Gasteiger partial charge on any atom is 0.281 e. The van der Waals surface area contributed by atoms with Crippen molar-refractivity contribution in [3.63, 3.8) is 0 Å². The van der Waals surface area contributed by atoms with Gasteiger partial charge < -0.3 is 10.2 Å². The summed E-state index contributed by atoms with van der Waals surface area (Å²) in [4.78, 5) is 18.7. The largest absolute Gasteiger partial charge is 0.339 e. The van der Waals surface area contributed by atoms with Crippen LogP contribution in [0.5, 0.6) is 0 Å². The van der Waals surface area contributed by atoms with Crippen molar-refractivity contribution in [3.8, 4) is 5.82 Å².